The second-order valence-electron chi connectivity index (χ2n) is 8.04. The lowest BCUT2D eigenvalue weighted by Gasteiger charge is -2.20. The molecule has 2 heterocycles. The van der Waals surface area contributed by atoms with Crippen LogP contribution in [0.4, 0.5) is 0 Å². The maximum absolute atomic E-state index is 13.2. The first-order valence-electron chi connectivity index (χ1n) is 11.3. The standard InChI is InChI=1S/C25H28N4O5/c1-32-19-8-9-22(33-2)20(15-19)23-16-21(28-34-23)25(31)29(18-6-7-18)14-11-24(30)27-13-10-17-5-3-4-12-26-17/h3-5,8-9,12,15-16,18H,6-7,10-11,13-14H2,1-2H3,(H,27,30). The predicted molar refractivity (Wildman–Crippen MR) is 125 cm³/mol. The number of aromatic nitrogens is 2. The van der Waals surface area contributed by atoms with E-state index in [2.05, 4.69) is 15.5 Å². The molecular formula is C25H28N4O5. The fourth-order valence-electron chi connectivity index (χ4n) is 3.68. The minimum atomic E-state index is -0.249. The zero-order valence-electron chi connectivity index (χ0n) is 19.3. The van der Waals surface area contributed by atoms with E-state index in [1.165, 1.54) is 0 Å². The second-order valence-corrected chi connectivity index (χ2v) is 8.04. The molecule has 0 atom stereocenters. The monoisotopic (exact) mass is 464 g/mol. The van der Waals surface area contributed by atoms with Crippen LogP contribution in [0.15, 0.2) is 53.2 Å². The third-order valence-corrected chi connectivity index (χ3v) is 5.66. The lowest BCUT2D eigenvalue weighted by Crippen LogP contribution is -2.37. The summed E-state index contributed by atoms with van der Waals surface area (Å²) in [6.45, 7) is 0.825. The number of pyridine rings is 1. The maximum Gasteiger partial charge on any atom is 0.276 e. The van der Waals surface area contributed by atoms with E-state index in [1.807, 2.05) is 18.2 Å². The van der Waals surface area contributed by atoms with Crippen LogP contribution in [0.25, 0.3) is 11.3 Å². The van der Waals surface area contributed by atoms with Gasteiger partial charge in [0.15, 0.2) is 11.5 Å². The fraction of sp³-hybridized carbons (Fsp3) is 0.360. The molecule has 4 rings (SSSR count). The van der Waals surface area contributed by atoms with Gasteiger partial charge in [0.2, 0.25) is 5.91 Å². The van der Waals surface area contributed by atoms with Crippen molar-refractivity contribution in [3.05, 3.63) is 60.0 Å². The molecule has 0 spiro atoms. The van der Waals surface area contributed by atoms with Crippen LogP contribution in [0, 0.1) is 0 Å². The van der Waals surface area contributed by atoms with E-state index in [0.717, 1.165) is 18.5 Å². The Morgan fingerprint density at radius 1 is 1.15 bits per heavy atom. The van der Waals surface area contributed by atoms with Gasteiger partial charge in [0.1, 0.15) is 11.5 Å². The second kappa shape index (κ2) is 10.8. The Hall–Kier alpha value is -3.88. The number of hydrogen-bond acceptors (Lipinski definition) is 7. The minimum absolute atomic E-state index is 0.101. The summed E-state index contributed by atoms with van der Waals surface area (Å²) in [5, 5.41) is 6.89. The summed E-state index contributed by atoms with van der Waals surface area (Å²) in [4.78, 5) is 31.5. The van der Waals surface area contributed by atoms with Gasteiger partial charge in [-0.05, 0) is 43.2 Å². The van der Waals surface area contributed by atoms with Gasteiger partial charge in [-0.3, -0.25) is 14.6 Å². The van der Waals surface area contributed by atoms with Gasteiger partial charge in [-0.1, -0.05) is 11.2 Å². The molecule has 1 fully saturated rings. The van der Waals surface area contributed by atoms with Gasteiger partial charge in [-0.25, -0.2) is 0 Å². The largest absolute Gasteiger partial charge is 0.497 e. The van der Waals surface area contributed by atoms with Crippen LogP contribution in [0.1, 0.15) is 35.4 Å². The summed E-state index contributed by atoms with van der Waals surface area (Å²) in [6.07, 6.45) is 4.45. The van der Waals surface area contributed by atoms with E-state index in [-0.39, 0.29) is 30.0 Å². The van der Waals surface area contributed by atoms with Gasteiger partial charge in [0, 0.05) is 49.9 Å². The van der Waals surface area contributed by atoms with E-state index in [1.54, 1.807) is 49.6 Å². The Kier molecular flexibility index (Phi) is 7.41. The third kappa shape index (κ3) is 5.72. The first-order valence-corrected chi connectivity index (χ1v) is 11.3. The quantitative estimate of drug-likeness (QED) is 0.465. The molecule has 1 saturated carbocycles. The molecule has 1 aliphatic rings. The molecule has 2 aromatic heterocycles. The maximum atomic E-state index is 13.2. The van der Waals surface area contributed by atoms with Gasteiger partial charge < -0.3 is 24.2 Å². The summed E-state index contributed by atoms with van der Waals surface area (Å²) in [5.41, 5.74) is 1.76. The molecule has 1 aliphatic carbocycles. The number of ether oxygens (including phenoxy) is 2. The van der Waals surface area contributed by atoms with Crippen LogP contribution in [0.2, 0.25) is 0 Å². The summed E-state index contributed by atoms with van der Waals surface area (Å²) in [7, 11) is 3.13. The van der Waals surface area contributed by atoms with Crippen molar-refractivity contribution in [3.63, 3.8) is 0 Å². The van der Waals surface area contributed by atoms with Crippen LogP contribution >= 0.6 is 0 Å². The Morgan fingerprint density at radius 2 is 2.00 bits per heavy atom. The van der Waals surface area contributed by atoms with Gasteiger partial charge in [0.05, 0.1) is 19.8 Å². The molecule has 9 nitrogen and oxygen atoms in total. The van der Waals surface area contributed by atoms with Gasteiger partial charge >= 0.3 is 0 Å². The highest BCUT2D eigenvalue weighted by atomic mass is 16.5. The number of rotatable bonds is 11. The molecule has 1 aromatic carbocycles. The van der Waals surface area contributed by atoms with E-state index < -0.39 is 0 Å². The summed E-state index contributed by atoms with van der Waals surface area (Å²) in [6, 6.07) is 12.7. The van der Waals surface area contributed by atoms with Crippen molar-refractivity contribution in [2.75, 3.05) is 27.3 Å². The number of carbonyl (C=O) groups excluding carboxylic acids is 2. The number of benzene rings is 1. The van der Waals surface area contributed by atoms with Crippen molar-refractivity contribution in [2.24, 2.45) is 0 Å². The number of nitrogens with one attached hydrogen (secondary N) is 1. The van der Waals surface area contributed by atoms with Gasteiger partial charge in [-0.15, -0.1) is 0 Å². The van der Waals surface area contributed by atoms with Crippen LogP contribution in [0.5, 0.6) is 11.5 Å². The molecule has 0 radical (unpaired) electrons. The van der Waals surface area contributed by atoms with Crippen molar-refractivity contribution >= 4 is 11.8 Å². The molecule has 0 bridgehead atoms. The third-order valence-electron chi connectivity index (χ3n) is 5.66. The Morgan fingerprint density at radius 3 is 2.71 bits per heavy atom. The molecule has 2 amide bonds. The number of hydrogen-bond donors (Lipinski definition) is 1. The molecular weight excluding hydrogens is 436 g/mol. The molecule has 0 saturated heterocycles. The minimum Gasteiger partial charge on any atom is -0.497 e. The lowest BCUT2D eigenvalue weighted by atomic mass is 10.1. The SMILES string of the molecule is COc1ccc(OC)c(-c2cc(C(=O)N(CCC(=O)NCCc3ccccn3)C3CC3)no2)c1. The number of carbonyl (C=O) groups is 2. The highest BCUT2D eigenvalue weighted by molar-refractivity contribution is 5.94. The summed E-state index contributed by atoms with van der Waals surface area (Å²) in [5.74, 6) is 1.27. The molecule has 178 valence electrons. The van der Waals surface area contributed by atoms with Crippen molar-refractivity contribution in [1.82, 2.24) is 20.4 Å². The molecule has 0 unspecified atom stereocenters. The predicted octanol–water partition coefficient (Wildman–Crippen LogP) is 3.11. The number of methoxy groups -OCH3 is 2. The van der Waals surface area contributed by atoms with E-state index in [9.17, 15) is 9.59 Å². The molecule has 9 heteroatoms. The van der Waals surface area contributed by atoms with E-state index in [0.29, 0.717) is 42.3 Å². The normalized spacial score (nSPS) is 12.8. The average molecular weight is 465 g/mol. The zero-order valence-corrected chi connectivity index (χ0v) is 19.3. The van der Waals surface area contributed by atoms with Crippen molar-refractivity contribution in [2.45, 2.75) is 31.7 Å². The Labute approximate surface area is 198 Å². The Balaban J connectivity index is 1.36. The highest BCUT2D eigenvalue weighted by Crippen LogP contribution is 2.34. The number of amides is 2. The molecule has 1 N–H and O–H groups in total. The first-order chi connectivity index (χ1) is 16.6. The number of nitrogens with zero attached hydrogens (tertiary/aromatic N) is 3. The smallest absolute Gasteiger partial charge is 0.276 e. The van der Waals surface area contributed by atoms with Gasteiger partial charge in [-0.2, -0.15) is 0 Å². The Bertz CT molecular complexity index is 1130. The fourth-order valence-corrected chi connectivity index (χ4v) is 3.68. The molecule has 3 aromatic rings. The molecule has 0 aliphatic heterocycles. The highest BCUT2D eigenvalue weighted by Gasteiger charge is 2.34. The van der Waals surface area contributed by atoms with Crippen molar-refractivity contribution in [3.8, 4) is 22.8 Å². The summed E-state index contributed by atoms with van der Waals surface area (Å²) >= 11 is 0. The first kappa shape index (κ1) is 23.3. The van der Waals surface area contributed by atoms with Crippen LogP contribution in [-0.4, -0.2) is 60.2 Å². The lowest BCUT2D eigenvalue weighted by molar-refractivity contribution is -0.121. The van der Waals surface area contributed by atoms with Crippen LogP contribution in [-0.2, 0) is 11.2 Å². The summed E-state index contributed by atoms with van der Waals surface area (Å²) < 4.78 is 16.2. The van der Waals surface area contributed by atoms with Crippen molar-refractivity contribution < 1.29 is 23.6 Å². The van der Waals surface area contributed by atoms with Crippen LogP contribution < -0.4 is 14.8 Å². The van der Waals surface area contributed by atoms with Gasteiger partial charge in [0.25, 0.3) is 5.91 Å². The van der Waals surface area contributed by atoms with E-state index >= 15 is 0 Å². The van der Waals surface area contributed by atoms with E-state index in [4.69, 9.17) is 14.0 Å². The van der Waals surface area contributed by atoms with Crippen LogP contribution in [0.3, 0.4) is 0 Å². The average Bonchev–Trinajstić information content (AvgIpc) is 3.59. The topological polar surface area (TPSA) is 107 Å². The molecule has 34 heavy (non-hydrogen) atoms. The zero-order chi connectivity index (χ0) is 23.9. The van der Waals surface area contributed by atoms with Crippen molar-refractivity contribution in [1.29, 1.82) is 0 Å².